The zero-order valence-electron chi connectivity index (χ0n) is 9.33. The van der Waals surface area contributed by atoms with Crippen molar-refractivity contribution in [2.24, 2.45) is 0 Å². The zero-order chi connectivity index (χ0) is 10.2. The Morgan fingerprint density at radius 3 is 2.23 bits per heavy atom. The second-order valence-corrected chi connectivity index (χ2v) is 9.01. The Hall–Kier alpha value is -0.663. The van der Waals surface area contributed by atoms with E-state index in [1.807, 2.05) is 0 Å². The molecule has 0 atom stereocenters. The van der Waals surface area contributed by atoms with Crippen molar-refractivity contribution < 1.29 is 0 Å². The maximum absolute atomic E-state index is 3.23. The molecule has 1 heteroatoms. The molecule has 13 heavy (non-hydrogen) atoms. The minimum absolute atomic E-state index is 1.01. The van der Waals surface area contributed by atoms with Gasteiger partial charge in [-0.2, -0.15) is 0 Å². The minimum atomic E-state index is -1.20. The summed E-state index contributed by atoms with van der Waals surface area (Å²) in [5.41, 5.74) is 3.23. The van der Waals surface area contributed by atoms with E-state index in [1.165, 1.54) is 19.3 Å². The fraction of sp³-hybridized carbons (Fsp3) is 0.667. The maximum atomic E-state index is 3.23. The molecular weight excluding hydrogens is 172 g/mol. The molecule has 0 amide bonds. The standard InChI is InChI=1S/C12H20Si/c1-5-6-7-8-9-10-11-12-13(2,3)4/h5-8H2,1-4H3. The van der Waals surface area contributed by atoms with Crippen LogP contribution in [0.5, 0.6) is 0 Å². The third-order valence-electron chi connectivity index (χ3n) is 1.49. The summed E-state index contributed by atoms with van der Waals surface area (Å²) in [6.07, 6.45) is 4.78. The van der Waals surface area contributed by atoms with Crippen molar-refractivity contribution in [1.29, 1.82) is 0 Å². The molecule has 0 aromatic carbocycles. The molecule has 0 nitrogen and oxygen atoms in total. The van der Waals surface area contributed by atoms with E-state index in [0.717, 1.165) is 6.42 Å². The van der Waals surface area contributed by atoms with Gasteiger partial charge in [0.15, 0.2) is 0 Å². The van der Waals surface area contributed by atoms with Gasteiger partial charge in [0, 0.05) is 6.42 Å². The van der Waals surface area contributed by atoms with Crippen LogP contribution in [-0.4, -0.2) is 8.07 Å². The SMILES string of the molecule is CCCCCC#CC#C[Si](C)(C)C. The molecule has 0 fully saturated rings. The lowest BCUT2D eigenvalue weighted by Crippen LogP contribution is -2.16. The van der Waals surface area contributed by atoms with Crippen molar-refractivity contribution in [2.75, 3.05) is 0 Å². The number of hydrogen-bond donors (Lipinski definition) is 0. The lowest BCUT2D eigenvalue weighted by atomic mass is 10.2. The van der Waals surface area contributed by atoms with Crippen molar-refractivity contribution in [3.05, 3.63) is 0 Å². The predicted octanol–water partition coefficient (Wildman–Crippen LogP) is 3.45. The number of hydrogen-bond acceptors (Lipinski definition) is 0. The van der Waals surface area contributed by atoms with E-state index in [2.05, 4.69) is 49.9 Å². The molecule has 72 valence electrons. The Balaban J connectivity index is 3.65. The van der Waals surface area contributed by atoms with Crippen LogP contribution in [0.2, 0.25) is 19.6 Å². The molecule has 0 N–H and O–H groups in total. The highest BCUT2D eigenvalue weighted by atomic mass is 28.3. The summed E-state index contributed by atoms with van der Waals surface area (Å²) in [5, 5.41) is 0. The topological polar surface area (TPSA) is 0 Å². The van der Waals surface area contributed by atoms with E-state index in [4.69, 9.17) is 0 Å². The van der Waals surface area contributed by atoms with Crippen LogP contribution in [0.3, 0.4) is 0 Å². The van der Waals surface area contributed by atoms with Gasteiger partial charge < -0.3 is 0 Å². The van der Waals surface area contributed by atoms with Gasteiger partial charge in [0.05, 0.1) is 0 Å². The van der Waals surface area contributed by atoms with Gasteiger partial charge in [-0.15, -0.1) is 5.54 Å². The van der Waals surface area contributed by atoms with Crippen molar-refractivity contribution in [3.8, 4) is 23.3 Å². The molecule has 0 aromatic heterocycles. The minimum Gasteiger partial charge on any atom is -0.118 e. The molecule has 0 bridgehead atoms. The summed E-state index contributed by atoms with van der Waals surface area (Å²) in [6, 6.07) is 0. The Kier molecular flexibility index (Phi) is 6.46. The highest BCUT2D eigenvalue weighted by Crippen LogP contribution is 1.97. The van der Waals surface area contributed by atoms with Gasteiger partial charge in [-0.05, 0) is 18.3 Å². The summed E-state index contributed by atoms with van der Waals surface area (Å²) in [6.45, 7) is 8.91. The van der Waals surface area contributed by atoms with Crippen LogP contribution in [0.1, 0.15) is 32.6 Å². The Bertz CT molecular complexity index is 236. The van der Waals surface area contributed by atoms with Gasteiger partial charge in [0.2, 0.25) is 0 Å². The van der Waals surface area contributed by atoms with Crippen molar-refractivity contribution >= 4 is 8.07 Å². The van der Waals surface area contributed by atoms with Crippen molar-refractivity contribution in [2.45, 2.75) is 52.2 Å². The molecule has 0 radical (unpaired) electrons. The van der Waals surface area contributed by atoms with Crippen molar-refractivity contribution in [1.82, 2.24) is 0 Å². The predicted molar refractivity (Wildman–Crippen MR) is 63.0 cm³/mol. The van der Waals surface area contributed by atoms with Crippen LogP contribution >= 0.6 is 0 Å². The summed E-state index contributed by atoms with van der Waals surface area (Å²) in [4.78, 5) is 0. The first kappa shape index (κ1) is 12.3. The Morgan fingerprint density at radius 1 is 1.00 bits per heavy atom. The van der Waals surface area contributed by atoms with Gasteiger partial charge in [0.25, 0.3) is 0 Å². The molecular formula is C12H20Si. The molecule has 0 spiro atoms. The fourth-order valence-corrected chi connectivity index (χ4v) is 1.23. The summed E-state index contributed by atoms with van der Waals surface area (Å²) < 4.78 is 0. The zero-order valence-corrected chi connectivity index (χ0v) is 10.3. The van der Waals surface area contributed by atoms with Gasteiger partial charge >= 0.3 is 0 Å². The quantitative estimate of drug-likeness (QED) is 0.365. The first-order valence-electron chi connectivity index (χ1n) is 5.06. The van der Waals surface area contributed by atoms with E-state index < -0.39 is 8.07 Å². The van der Waals surface area contributed by atoms with Crippen molar-refractivity contribution in [3.63, 3.8) is 0 Å². The molecule has 0 rings (SSSR count). The smallest absolute Gasteiger partial charge is 0.118 e. The average molecular weight is 192 g/mol. The summed E-state index contributed by atoms with van der Waals surface area (Å²) in [5.74, 6) is 8.97. The lowest BCUT2D eigenvalue weighted by Gasteiger charge is -2.01. The average Bonchev–Trinajstić information content (AvgIpc) is 2.01. The van der Waals surface area contributed by atoms with Gasteiger partial charge in [-0.1, -0.05) is 45.3 Å². The fourth-order valence-electron chi connectivity index (χ4n) is 0.789. The van der Waals surface area contributed by atoms with Crippen LogP contribution in [-0.2, 0) is 0 Å². The molecule has 0 aliphatic carbocycles. The van der Waals surface area contributed by atoms with Crippen LogP contribution in [0.15, 0.2) is 0 Å². The molecule has 0 aliphatic rings. The molecule has 0 aliphatic heterocycles. The van der Waals surface area contributed by atoms with E-state index in [0.29, 0.717) is 0 Å². The Morgan fingerprint density at radius 2 is 1.69 bits per heavy atom. The molecule has 0 unspecified atom stereocenters. The first-order valence-corrected chi connectivity index (χ1v) is 8.56. The molecule has 0 heterocycles. The van der Waals surface area contributed by atoms with Crippen LogP contribution in [0, 0.1) is 23.3 Å². The van der Waals surface area contributed by atoms with E-state index in [9.17, 15) is 0 Å². The maximum Gasteiger partial charge on any atom is 0.130 e. The molecule has 0 aromatic rings. The number of rotatable bonds is 3. The van der Waals surface area contributed by atoms with Crippen LogP contribution < -0.4 is 0 Å². The van der Waals surface area contributed by atoms with Gasteiger partial charge in [0.1, 0.15) is 8.07 Å². The molecule has 0 saturated carbocycles. The van der Waals surface area contributed by atoms with Crippen LogP contribution in [0.25, 0.3) is 0 Å². The number of unbranched alkanes of at least 4 members (excludes halogenated alkanes) is 3. The van der Waals surface area contributed by atoms with E-state index in [1.54, 1.807) is 0 Å². The third-order valence-corrected chi connectivity index (χ3v) is 2.37. The second kappa shape index (κ2) is 6.81. The largest absolute Gasteiger partial charge is 0.130 e. The summed E-state index contributed by atoms with van der Waals surface area (Å²) >= 11 is 0. The second-order valence-electron chi connectivity index (χ2n) is 4.26. The van der Waals surface area contributed by atoms with Gasteiger partial charge in [-0.25, -0.2) is 0 Å². The Labute approximate surface area is 84.1 Å². The third kappa shape index (κ3) is 11.3. The summed E-state index contributed by atoms with van der Waals surface area (Å²) in [7, 11) is -1.20. The highest BCUT2D eigenvalue weighted by molar-refractivity contribution is 6.83. The first-order chi connectivity index (χ1) is 6.06. The van der Waals surface area contributed by atoms with Gasteiger partial charge in [-0.3, -0.25) is 0 Å². The highest BCUT2D eigenvalue weighted by Gasteiger charge is 2.06. The normalized spacial score (nSPS) is 9.54. The lowest BCUT2D eigenvalue weighted by molar-refractivity contribution is 0.737. The van der Waals surface area contributed by atoms with E-state index >= 15 is 0 Å². The van der Waals surface area contributed by atoms with E-state index in [-0.39, 0.29) is 0 Å². The molecule has 0 saturated heterocycles. The van der Waals surface area contributed by atoms with Crippen LogP contribution in [0.4, 0.5) is 0 Å². The monoisotopic (exact) mass is 192 g/mol.